The van der Waals surface area contributed by atoms with Crippen LogP contribution in [0.2, 0.25) is 5.02 Å². The molecule has 2 aliphatic heterocycles. The summed E-state index contributed by atoms with van der Waals surface area (Å²) in [6, 6.07) is 10.0. The van der Waals surface area contributed by atoms with Crippen molar-refractivity contribution in [3.8, 4) is 0 Å². The number of allylic oxidation sites excluding steroid dienone is 1. The van der Waals surface area contributed by atoms with E-state index >= 15 is 0 Å². The van der Waals surface area contributed by atoms with Crippen molar-refractivity contribution in [1.29, 1.82) is 0 Å². The molecular weight excluding hydrogens is 348 g/mol. The lowest BCUT2D eigenvalue weighted by Gasteiger charge is -2.34. The van der Waals surface area contributed by atoms with Gasteiger partial charge in [-0.25, -0.2) is 10.8 Å². The molecule has 1 saturated heterocycles. The largest absolute Gasteiger partial charge is 0.400 e. The van der Waals surface area contributed by atoms with Gasteiger partial charge in [-0.3, -0.25) is 9.91 Å². The smallest absolute Gasteiger partial charge is 0.141 e. The highest BCUT2D eigenvalue weighted by atomic mass is 35.5. The van der Waals surface area contributed by atoms with Gasteiger partial charge < -0.3 is 10.7 Å². The number of aromatic nitrogens is 1. The third kappa shape index (κ3) is 3.35. The summed E-state index contributed by atoms with van der Waals surface area (Å²) in [5, 5.41) is 2.31. The number of benzene rings is 1. The standard InChI is InChI=1S/C19H23ClN6/c20-15-3-1-13(2-4-15)11-25-9-6-14(7-10-25)17(21)18-16-5-8-23-19(16)24-12-26(18)22/h1-5,8,12,14,23H,6-7,9-11,21-22H2/b18-17-. The minimum Gasteiger partial charge on any atom is -0.400 e. The molecular formula is C19H23ClN6. The molecule has 6 nitrogen and oxygen atoms in total. The van der Waals surface area contributed by atoms with Crippen molar-refractivity contribution < 1.29 is 0 Å². The highest BCUT2D eigenvalue weighted by Crippen LogP contribution is 2.34. The van der Waals surface area contributed by atoms with Crippen LogP contribution in [-0.2, 0) is 6.54 Å². The molecule has 7 heteroatoms. The molecule has 1 fully saturated rings. The maximum Gasteiger partial charge on any atom is 0.141 e. The Balaban J connectivity index is 1.44. The van der Waals surface area contributed by atoms with E-state index in [1.54, 1.807) is 6.34 Å². The van der Waals surface area contributed by atoms with Crippen molar-refractivity contribution in [2.75, 3.05) is 13.1 Å². The second-order valence-corrected chi connectivity index (χ2v) is 7.31. The normalized spacial score (nSPS) is 20.3. The van der Waals surface area contributed by atoms with E-state index in [-0.39, 0.29) is 0 Å². The fourth-order valence-electron chi connectivity index (χ4n) is 3.72. The Labute approximate surface area is 158 Å². The number of fused-ring (bicyclic) bond motifs is 1. The van der Waals surface area contributed by atoms with Crippen LogP contribution in [0, 0.1) is 5.92 Å². The van der Waals surface area contributed by atoms with Gasteiger partial charge in [0.25, 0.3) is 0 Å². The zero-order valence-electron chi connectivity index (χ0n) is 14.5. The van der Waals surface area contributed by atoms with Crippen molar-refractivity contribution in [3.05, 3.63) is 58.4 Å². The molecule has 0 spiro atoms. The van der Waals surface area contributed by atoms with Crippen LogP contribution in [0.1, 0.15) is 24.0 Å². The Kier molecular flexibility index (Phi) is 4.72. The molecule has 0 bridgehead atoms. The fourth-order valence-corrected chi connectivity index (χ4v) is 3.85. The molecule has 2 aromatic rings. The topological polar surface area (TPSA) is 86.7 Å². The number of nitrogens with zero attached hydrogens (tertiary/aromatic N) is 3. The first kappa shape index (κ1) is 17.1. The highest BCUT2D eigenvalue weighted by molar-refractivity contribution is 6.30. The molecule has 2 aliphatic rings. The van der Waals surface area contributed by atoms with Gasteiger partial charge in [0.05, 0.1) is 5.70 Å². The maximum atomic E-state index is 6.55. The first-order valence-corrected chi connectivity index (χ1v) is 9.22. The monoisotopic (exact) mass is 370 g/mol. The lowest BCUT2D eigenvalue weighted by Crippen LogP contribution is -2.37. The second-order valence-electron chi connectivity index (χ2n) is 6.87. The van der Waals surface area contributed by atoms with E-state index in [9.17, 15) is 0 Å². The number of nitrogens with two attached hydrogens (primary N) is 2. The Morgan fingerprint density at radius 3 is 2.65 bits per heavy atom. The van der Waals surface area contributed by atoms with Crippen molar-refractivity contribution in [2.24, 2.45) is 22.5 Å². The Hall–Kier alpha value is -2.28. The molecule has 5 N–H and O–H groups in total. The number of H-pyrrole nitrogens is 1. The number of aliphatic imine (C=N–C) groups is 1. The van der Waals surface area contributed by atoms with Crippen molar-refractivity contribution in [3.63, 3.8) is 0 Å². The molecule has 0 unspecified atom stereocenters. The van der Waals surface area contributed by atoms with E-state index in [1.807, 2.05) is 24.4 Å². The van der Waals surface area contributed by atoms with Crippen LogP contribution in [0.25, 0.3) is 5.70 Å². The summed E-state index contributed by atoms with van der Waals surface area (Å²) in [6.07, 6.45) is 5.52. The minimum absolute atomic E-state index is 0.326. The number of likely N-dealkylation sites (tertiary alicyclic amines) is 1. The van der Waals surface area contributed by atoms with Crippen LogP contribution in [0.15, 0.2) is 47.2 Å². The van der Waals surface area contributed by atoms with Crippen LogP contribution >= 0.6 is 11.6 Å². The fraction of sp³-hybridized carbons (Fsp3) is 0.316. The van der Waals surface area contributed by atoms with E-state index in [4.69, 9.17) is 23.2 Å². The van der Waals surface area contributed by atoms with Gasteiger partial charge in [-0.05, 0) is 49.7 Å². The Morgan fingerprint density at radius 2 is 1.92 bits per heavy atom. The average molecular weight is 371 g/mol. The summed E-state index contributed by atoms with van der Waals surface area (Å²) >= 11 is 5.96. The van der Waals surface area contributed by atoms with E-state index in [0.717, 1.165) is 60.3 Å². The number of rotatable bonds is 3. The minimum atomic E-state index is 0.326. The average Bonchev–Trinajstić information content (AvgIpc) is 3.12. The number of hydrazine groups is 1. The molecule has 0 saturated carbocycles. The first-order chi connectivity index (χ1) is 12.6. The summed E-state index contributed by atoms with van der Waals surface area (Å²) in [4.78, 5) is 9.87. The summed E-state index contributed by atoms with van der Waals surface area (Å²) in [7, 11) is 0. The van der Waals surface area contributed by atoms with Crippen LogP contribution < -0.4 is 11.6 Å². The van der Waals surface area contributed by atoms with Gasteiger partial charge in [-0.1, -0.05) is 23.7 Å². The number of halogens is 1. The number of aromatic amines is 1. The predicted molar refractivity (Wildman–Crippen MR) is 106 cm³/mol. The van der Waals surface area contributed by atoms with Crippen molar-refractivity contribution >= 4 is 29.5 Å². The van der Waals surface area contributed by atoms with Gasteiger partial charge in [-0.2, -0.15) is 0 Å². The summed E-state index contributed by atoms with van der Waals surface area (Å²) in [6.45, 7) is 2.97. The zero-order chi connectivity index (χ0) is 18.1. The number of hydrogen-bond acceptors (Lipinski definition) is 5. The van der Waals surface area contributed by atoms with E-state index in [0.29, 0.717) is 5.92 Å². The molecule has 0 aliphatic carbocycles. The Bertz CT molecular complexity index is 830. The lowest BCUT2D eigenvalue weighted by molar-refractivity contribution is 0.190. The summed E-state index contributed by atoms with van der Waals surface area (Å²) < 4.78 is 0. The SMILES string of the molecule is N/C(=C1/c2cc[nH]c2N=CN1N)C1CCN(Cc2ccc(Cl)cc2)CC1. The van der Waals surface area contributed by atoms with Crippen LogP contribution in [0.4, 0.5) is 5.82 Å². The summed E-state index contributed by atoms with van der Waals surface area (Å²) in [5.41, 5.74) is 10.5. The summed E-state index contributed by atoms with van der Waals surface area (Å²) in [5.74, 6) is 7.25. The molecule has 1 aromatic carbocycles. The van der Waals surface area contributed by atoms with Gasteiger partial charge in [0, 0.05) is 34.9 Å². The lowest BCUT2D eigenvalue weighted by atomic mass is 9.91. The molecule has 0 atom stereocenters. The van der Waals surface area contributed by atoms with Crippen molar-refractivity contribution in [1.82, 2.24) is 14.9 Å². The van der Waals surface area contributed by atoms with Gasteiger partial charge in [0.2, 0.25) is 0 Å². The molecule has 0 radical (unpaired) electrons. The molecule has 4 rings (SSSR count). The highest BCUT2D eigenvalue weighted by Gasteiger charge is 2.27. The van der Waals surface area contributed by atoms with Crippen LogP contribution in [0.5, 0.6) is 0 Å². The van der Waals surface area contributed by atoms with Crippen LogP contribution in [-0.4, -0.2) is 34.3 Å². The van der Waals surface area contributed by atoms with Gasteiger partial charge in [-0.15, -0.1) is 0 Å². The second kappa shape index (κ2) is 7.15. The quantitative estimate of drug-likeness (QED) is 0.725. The van der Waals surface area contributed by atoms with Gasteiger partial charge in [0.1, 0.15) is 12.2 Å². The molecule has 3 heterocycles. The maximum absolute atomic E-state index is 6.55. The number of nitrogens with one attached hydrogen (secondary N) is 1. The van der Waals surface area contributed by atoms with Gasteiger partial charge in [0.15, 0.2) is 0 Å². The van der Waals surface area contributed by atoms with E-state index < -0.39 is 0 Å². The first-order valence-electron chi connectivity index (χ1n) is 8.84. The van der Waals surface area contributed by atoms with E-state index in [1.165, 1.54) is 10.6 Å². The van der Waals surface area contributed by atoms with E-state index in [2.05, 4.69) is 27.0 Å². The Morgan fingerprint density at radius 1 is 1.19 bits per heavy atom. The molecule has 0 amide bonds. The zero-order valence-corrected chi connectivity index (χ0v) is 15.3. The third-order valence-corrected chi connectivity index (χ3v) is 5.42. The predicted octanol–water partition coefficient (Wildman–Crippen LogP) is 3.06. The molecule has 26 heavy (non-hydrogen) atoms. The number of hydrogen-bond donors (Lipinski definition) is 3. The van der Waals surface area contributed by atoms with Gasteiger partial charge >= 0.3 is 0 Å². The molecule has 1 aromatic heterocycles. The number of piperidine rings is 1. The van der Waals surface area contributed by atoms with Crippen molar-refractivity contribution in [2.45, 2.75) is 19.4 Å². The van der Waals surface area contributed by atoms with Crippen LogP contribution in [0.3, 0.4) is 0 Å². The third-order valence-electron chi connectivity index (χ3n) is 5.17. The molecule has 136 valence electrons.